The molecule has 0 bridgehead atoms. The van der Waals surface area contributed by atoms with Gasteiger partial charge < -0.3 is 20.5 Å². The van der Waals surface area contributed by atoms with E-state index in [0.29, 0.717) is 5.69 Å². The average Bonchev–Trinajstić information content (AvgIpc) is 2.38. The van der Waals surface area contributed by atoms with Crippen molar-refractivity contribution in [1.82, 2.24) is 5.32 Å². The summed E-state index contributed by atoms with van der Waals surface area (Å²) in [6.45, 7) is 4.07. The number of methoxy groups -OCH3 is 1. The summed E-state index contributed by atoms with van der Waals surface area (Å²) >= 11 is 3.38. The molecule has 0 spiro atoms. The molecule has 0 aliphatic heterocycles. The summed E-state index contributed by atoms with van der Waals surface area (Å²) in [7, 11) is 1.48. The van der Waals surface area contributed by atoms with Gasteiger partial charge in [0.15, 0.2) is 0 Å². The van der Waals surface area contributed by atoms with Gasteiger partial charge in [-0.3, -0.25) is 0 Å². The molecular weight excluding hydrogens is 340 g/mol. The van der Waals surface area contributed by atoms with Gasteiger partial charge in [0.05, 0.1) is 5.69 Å². The number of hydrogen-bond donors (Lipinski definition) is 3. The lowest BCUT2D eigenvalue weighted by Crippen LogP contribution is -2.43. The molecule has 0 heterocycles. The Balaban J connectivity index is 2.74. The van der Waals surface area contributed by atoms with E-state index in [1.165, 1.54) is 7.11 Å². The number of carboxylic acid groups (broad SMARTS) is 1. The Morgan fingerprint density at radius 2 is 2.05 bits per heavy atom. The molecule has 1 aromatic rings. The van der Waals surface area contributed by atoms with Gasteiger partial charge in [-0.25, -0.2) is 9.59 Å². The lowest BCUT2D eigenvalue weighted by atomic mass is 10.1. The number of halogens is 1. The van der Waals surface area contributed by atoms with Gasteiger partial charge in [0.25, 0.3) is 0 Å². The van der Waals surface area contributed by atoms with Crippen molar-refractivity contribution in [3.05, 3.63) is 27.7 Å². The first-order valence-corrected chi connectivity index (χ1v) is 7.20. The van der Waals surface area contributed by atoms with Crippen LogP contribution in [0.4, 0.5) is 10.5 Å². The van der Waals surface area contributed by atoms with E-state index >= 15 is 0 Å². The quantitative estimate of drug-likeness (QED) is 0.729. The van der Waals surface area contributed by atoms with Crippen molar-refractivity contribution in [2.24, 2.45) is 0 Å². The molecule has 3 N–H and O–H groups in total. The number of anilines is 1. The number of ether oxygens (including phenoxy) is 1. The second-order valence-electron chi connectivity index (χ2n) is 4.71. The van der Waals surface area contributed by atoms with E-state index in [4.69, 9.17) is 9.84 Å². The summed E-state index contributed by atoms with van der Waals surface area (Å²) in [6, 6.07) is 2.25. The van der Waals surface area contributed by atoms with Crippen LogP contribution in [0.15, 0.2) is 16.6 Å². The molecular formula is C14H19BrN2O4. The molecule has 116 valence electrons. The van der Waals surface area contributed by atoms with Crippen molar-refractivity contribution >= 4 is 33.6 Å². The molecule has 21 heavy (non-hydrogen) atoms. The van der Waals surface area contributed by atoms with Gasteiger partial charge in [0.1, 0.15) is 6.04 Å². The summed E-state index contributed by atoms with van der Waals surface area (Å²) in [4.78, 5) is 23.0. The van der Waals surface area contributed by atoms with Crippen LogP contribution in [0.3, 0.4) is 0 Å². The number of urea groups is 1. The number of rotatable bonds is 6. The number of hydrogen-bond acceptors (Lipinski definition) is 3. The lowest BCUT2D eigenvalue weighted by Gasteiger charge is -2.16. The standard InChI is InChI=1S/C14H19BrN2O4/c1-8-6-9(2)12(10(15)7-8)17-14(20)16-11(13(18)19)4-5-21-3/h6-7,11H,4-5H2,1-3H3,(H,18,19)(H2,16,17,20). The predicted octanol–water partition coefficient (Wildman–Crippen LogP) is 2.68. The van der Waals surface area contributed by atoms with Crippen LogP contribution >= 0.6 is 15.9 Å². The highest BCUT2D eigenvalue weighted by Crippen LogP contribution is 2.27. The molecule has 1 rings (SSSR count). The van der Waals surface area contributed by atoms with E-state index in [2.05, 4.69) is 26.6 Å². The number of carboxylic acids is 1. The zero-order valence-corrected chi connectivity index (χ0v) is 13.8. The fourth-order valence-electron chi connectivity index (χ4n) is 1.87. The first-order valence-electron chi connectivity index (χ1n) is 6.41. The molecule has 0 saturated heterocycles. The zero-order valence-electron chi connectivity index (χ0n) is 12.2. The van der Waals surface area contributed by atoms with Crippen LogP contribution < -0.4 is 10.6 Å². The molecule has 0 saturated carbocycles. The number of nitrogens with one attached hydrogen (secondary N) is 2. The van der Waals surface area contributed by atoms with Crippen LogP contribution in [0.5, 0.6) is 0 Å². The predicted molar refractivity (Wildman–Crippen MR) is 83.7 cm³/mol. The molecule has 1 atom stereocenters. The third kappa shape index (κ3) is 5.35. The minimum absolute atomic E-state index is 0.202. The number of aryl methyl sites for hydroxylation is 2. The summed E-state index contributed by atoms with van der Waals surface area (Å²) in [5.41, 5.74) is 2.57. The third-order valence-corrected chi connectivity index (χ3v) is 3.51. The molecule has 2 amide bonds. The fraction of sp³-hybridized carbons (Fsp3) is 0.429. The van der Waals surface area contributed by atoms with Crippen molar-refractivity contribution in [2.45, 2.75) is 26.3 Å². The van der Waals surface area contributed by atoms with Gasteiger partial charge in [-0.05, 0) is 47.0 Å². The van der Waals surface area contributed by atoms with Gasteiger partial charge in [0, 0.05) is 24.6 Å². The van der Waals surface area contributed by atoms with Gasteiger partial charge in [-0.2, -0.15) is 0 Å². The average molecular weight is 359 g/mol. The first kappa shape index (κ1) is 17.5. The molecule has 0 radical (unpaired) electrons. The molecule has 6 nitrogen and oxygen atoms in total. The van der Waals surface area contributed by atoms with Gasteiger partial charge in [0.2, 0.25) is 0 Å². The van der Waals surface area contributed by atoms with Crippen molar-refractivity contribution in [3.8, 4) is 0 Å². The molecule has 7 heteroatoms. The normalized spacial score (nSPS) is 11.8. The smallest absolute Gasteiger partial charge is 0.326 e. The maximum Gasteiger partial charge on any atom is 0.326 e. The number of aliphatic carboxylic acids is 1. The summed E-state index contributed by atoms with van der Waals surface area (Å²) in [5.74, 6) is -1.10. The first-order chi connectivity index (χ1) is 9.85. The van der Waals surface area contributed by atoms with Crippen LogP contribution in [0.2, 0.25) is 0 Å². The maximum atomic E-state index is 11.9. The number of amides is 2. The van der Waals surface area contributed by atoms with E-state index in [0.717, 1.165) is 15.6 Å². The van der Waals surface area contributed by atoms with Crippen molar-refractivity contribution in [1.29, 1.82) is 0 Å². The maximum absolute atomic E-state index is 11.9. The van der Waals surface area contributed by atoms with E-state index in [1.807, 2.05) is 26.0 Å². The second kappa shape index (κ2) is 7.99. The largest absolute Gasteiger partial charge is 0.480 e. The Labute approximate surface area is 132 Å². The molecule has 0 aromatic heterocycles. The fourth-order valence-corrected chi connectivity index (χ4v) is 2.65. The molecule has 0 aliphatic rings. The van der Waals surface area contributed by atoms with E-state index in [-0.39, 0.29) is 13.0 Å². The van der Waals surface area contributed by atoms with Crippen LogP contribution in [0.1, 0.15) is 17.5 Å². The lowest BCUT2D eigenvalue weighted by molar-refractivity contribution is -0.139. The van der Waals surface area contributed by atoms with Crippen molar-refractivity contribution in [3.63, 3.8) is 0 Å². The topological polar surface area (TPSA) is 87.7 Å². The van der Waals surface area contributed by atoms with E-state index in [1.54, 1.807) is 0 Å². The molecule has 1 unspecified atom stereocenters. The zero-order chi connectivity index (χ0) is 16.0. The third-order valence-electron chi connectivity index (χ3n) is 2.88. The van der Waals surface area contributed by atoms with Gasteiger partial charge in [-0.1, -0.05) is 6.07 Å². The van der Waals surface area contributed by atoms with Gasteiger partial charge >= 0.3 is 12.0 Å². The highest BCUT2D eigenvalue weighted by atomic mass is 79.9. The van der Waals surface area contributed by atoms with Crippen molar-refractivity contribution in [2.75, 3.05) is 19.0 Å². The number of carbonyl (C=O) groups is 2. The van der Waals surface area contributed by atoms with Crippen LogP contribution in [0.25, 0.3) is 0 Å². The second-order valence-corrected chi connectivity index (χ2v) is 5.56. The molecule has 0 aliphatic carbocycles. The Bertz CT molecular complexity index is 511. The Morgan fingerprint density at radius 1 is 1.38 bits per heavy atom. The molecule has 0 fully saturated rings. The Hall–Kier alpha value is -1.60. The SMILES string of the molecule is COCCC(NC(=O)Nc1c(C)cc(C)cc1Br)C(=O)O. The van der Waals surface area contributed by atoms with E-state index < -0.39 is 18.0 Å². The van der Waals surface area contributed by atoms with Crippen LogP contribution in [-0.2, 0) is 9.53 Å². The van der Waals surface area contributed by atoms with Crippen LogP contribution in [0, 0.1) is 13.8 Å². The summed E-state index contributed by atoms with van der Waals surface area (Å²) < 4.78 is 5.58. The summed E-state index contributed by atoms with van der Waals surface area (Å²) in [6.07, 6.45) is 0.202. The minimum Gasteiger partial charge on any atom is -0.480 e. The molecule has 1 aromatic carbocycles. The van der Waals surface area contributed by atoms with E-state index in [9.17, 15) is 9.59 Å². The van der Waals surface area contributed by atoms with Gasteiger partial charge in [-0.15, -0.1) is 0 Å². The highest BCUT2D eigenvalue weighted by Gasteiger charge is 2.20. The monoisotopic (exact) mass is 358 g/mol. The highest BCUT2D eigenvalue weighted by molar-refractivity contribution is 9.10. The van der Waals surface area contributed by atoms with Crippen LogP contribution in [-0.4, -0.2) is 36.9 Å². The Morgan fingerprint density at radius 3 is 2.57 bits per heavy atom. The number of benzene rings is 1. The minimum atomic E-state index is -1.10. The summed E-state index contributed by atoms with van der Waals surface area (Å²) in [5, 5.41) is 14.1. The van der Waals surface area contributed by atoms with Crippen molar-refractivity contribution < 1.29 is 19.4 Å². The Kier molecular flexibility index (Phi) is 6.64. The number of carbonyl (C=O) groups excluding carboxylic acids is 1.